The molecule has 4 aliphatic heterocycles. The zero-order chi connectivity index (χ0) is 82.8. The smallest absolute Gasteiger partial charge is 0.293 e. The summed E-state index contributed by atoms with van der Waals surface area (Å²) < 4.78 is 112. The number of alkyl halides is 2. The van der Waals surface area contributed by atoms with Crippen molar-refractivity contribution >= 4 is 88.1 Å². The summed E-state index contributed by atoms with van der Waals surface area (Å²) in [7, 11) is -9.17. The average Bonchev–Trinajstić information content (AvgIpc) is 1.59. The van der Waals surface area contributed by atoms with E-state index in [1.807, 2.05) is 72.8 Å². The van der Waals surface area contributed by atoms with Gasteiger partial charge in [0.2, 0.25) is 0 Å². The van der Waals surface area contributed by atoms with Crippen LogP contribution >= 0.6 is 0 Å². The fraction of sp³-hybridized carbons (Fsp3) is 0.289. The number of carbonyl (C=O) groups excluding carboxylic acids is 2. The van der Waals surface area contributed by atoms with E-state index in [2.05, 4.69) is 86.2 Å². The van der Waals surface area contributed by atoms with Crippen LogP contribution in [0, 0.1) is 32.1 Å². The van der Waals surface area contributed by atoms with Crippen LogP contribution in [0.25, 0.3) is 44.3 Å². The maximum Gasteiger partial charge on any atom is 0.293 e. The van der Waals surface area contributed by atoms with E-state index in [1.54, 1.807) is 48.8 Å². The molecule has 30 heteroatoms. The number of ether oxygens (including phenoxy) is 4. The predicted molar refractivity (Wildman–Crippen MR) is 452 cm³/mol. The first-order valence-electron chi connectivity index (χ1n) is 40.2. The van der Waals surface area contributed by atoms with Gasteiger partial charge in [0.1, 0.15) is 58.0 Å². The van der Waals surface area contributed by atoms with Crippen LogP contribution in [0.3, 0.4) is 0 Å². The number of halogens is 2. The van der Waals surface area contributed by atoms with E-state index < -0.39 is 75.2 Å². The molecule has 2 saturated carbocycles. The van der Waals surface area contributed by atoms with E-state index in [9.17, 15) is 46.7 Å². The number of pyridine rings is 2. The number of amides is 2. The first kappa shape index (κ1) is 79.8. The molecule has 0 radical (unpaired) electrons. The number of nitrogens with one attached hydrogen (secondary N) is 6. The van der Waals surface area contributed by atoms with Gasteiger partial charge in [-0.25, -0.2) is 45.0 Å². The van der Waals surface area contributed by atoms with Crippen molar-refractivity contribution in [1.29, 1.82) is 0 Å². The van der Waals surface area contributed by atoms with Crippen LogP contribution in [0.2, 0.25) is 0 Å². The first-order chi connectivity index (χ1) is 58.2. The van der Waals surface area contributed by atoms with Crippen LogP contribution in [-0.4, -0.2) is 123 Å². The van der Waals surface area contributed by atoms with Crippen LogP contribution < -0.4 is 39.4 Å². The molecule has 120 heavy (non-hydrogen) atoms. The number of rotatable bonds is 26. The number of sulfonamides is 2. The second kappa shape index (κ2) is 34.4. The van der Waals surface area contributed by atoms with E-state index in [1.165, 1.54) is 71.0 Å². The number of anilines is 4. The molecule has 2 aliphatic carbocycles. The largest absolute Gasteiger partial charge is 0.455 e. The number of benzene rings is 8. The molecule has 616 valence electrons. The van der Waals surface area contributed by atoms with Gasteiger partial charge < -0.3 is 49.3 Å². The maximum atomic E-state index is 15.1. The molecule has 6 aliphatic rings. The van der Waals surface area contributed by atoms with Gasteiger partial charge in [0.25, 0.3) is 43.2 Å². The molecule has 4 atom stereocenters. The van der Waals surface area contributed by atoms with E-state index >= 15 is 8.78 Å². The Morgan fingerprint density at radius 1 is 0.475 bits per heavy atom. The van der Waals surface area contributed by atoms with Crippen LogP contribution in [-0.2, 0) is 29.5 Å². The van der Waals surface area contributed by atoms with Crippen molar-refractivity contribution in [2.75, 3.05) is 73.0 Å². The lowest BCUT2D eigenvalue weighted by atomic mass is 9.95. The molecule has 0 spiro atoms. The summed E-state index contributed by atoms with van der Waals surface area (Å²) >= 11 is 0. The number of hydrogen-bond acceptors (Lipinski definition) is 20. The van der Waals surface area contributed by atoms with Crippen molar-refractivity contribution in [3.8, 4) is 45.3 Å². The van der Waals surface area contributed by atoms with E-state index in [0.717, 1.165) is 96.8 Å². The number of fused-ring (bicyclic) bond motifs is 2. The molecule has 26 nitrogen and oxygen atoms in total. The molecule has 12 aromatic rings. The number of nitro groups is 2. The molecule has 18 rings (SSSR count). The van der Waals surface area contributed by atoms with Gasteiger partial charge in [0, 0.05) is 112 Å². The third-order valence-electron chi connectivity index (χ3n) is 23.2. The number of nitrogens with zero attached hydrogens (tertiary/aromatic N) is 6. The fourth-order valence-corrected chi connectivity index (χ4v) is 18.5. The van der Waals surface area contributed by atoms with E-state index in [4.69, 9.17) is 18.9 Å². The molecular weight excluding hydrogens is 1580 g/mol. The summed E-state index contributed by atoms with van der Waals surface area (Å²) in [4.78, 5) is 68.8. The molecule has 2 amide bonds. The van der Waals surface area contributed by atoms with Gasteiger partial charge in [-0.15, -0.1) is 0 Å². The highest BCUT2D eigenvalue weighted by Gasteiger charge is 2.40. The van der Waals surface area contributed by atoms with Crippen LogP contribution in [0.4, 0.5) is 42.9 Å². The lowest BCUT2D eigenvalue weighted by Gasteiger charge is -2.28. The van der Waals surface area contributed by atoms with Gasteiger partial charge in [-0.3, -0.25) is 29.8 Å². The van der Waals surface area contributed by atoms with E-state index in [-0.39, 0.29) is 71.0 Å². The summed E-state index contributed by atoms with van der Waals surface area (Å²) in [5.41, 5.74) is 10.2. The standard InChI is InChI=1S/2C45H43FN6O7S/c2*46-33-23-41(38-4-2-1-3-37(38)30-5-6-30)51(27-33)34-10-7-29(8-11-34)31-9-13-39(43(22-31)59-35-21-32-15-18-47-44(32)49-26-35)45(53)50-60(56,57)36-12-14-40(42(24-36)52(54)55)48-25-28-16-19-58-20-17-28/h2*1-4,7-15,18,21-22,24,26,28,30,33,41,48H,5-6,16-17,19-20,23,25,27H2,(H,47,49)(H,50,53)/t2*33-,41+/m10/s1. The maximum absolute atomic E-state index is 15.1. The highest BCUT2D eigenvalue weighted by molar-refractivity contribution is 7.90. The number of carbonyl (C=O) groups is 2. The number of hydrogen-bond donors (Lipinski definition) is 6. The number of aromatic amines is 2. The summed E-state index contributed by atoms with van der Waals surface area (Å²) in [6, 6.07) is 55.8. The lowest BCUT2D eigenvalue weighted by molar-refractivity contribution is -0.384. The first-order valence-corrected chi connectivity index (χ1v) is 43.2. The van der Waals surface area contributed by atoms with Crippen molar-refractivity contribution in [2.24, 2.45) is 11.8 Å². The predicted octanol–water partition coefficient (Wildman–Crippen LogP) is 18.1. The number of nitro benzene ring substituents is 2. The average molecular weight is 1660 g/mol. The van der Waals surface area contributed by atoms with E-state index in [0.29, 0.717) is 98.1 Å². The Morgan fingerprint density at radius 2 is 0.858 bits per heavy atom. The van der Waals surface area contributed by atoms with Gasteiger partial charge in [-0.1, -0.05) is 84.9 Å². The van der Waals surface area contributed by atoms with Gasteiger partial charge in [0.05, 0.1) is 55.2 Å². The summed E-state index contributed by atoms with van der Waals surface area (Å²) in [5.74, 6) is 0.306. The normalized spacial score (nSPS) is 18.4. The third-order valence-corrected chi connectivity index (χ3v) is 25.9. The Morgan fingerprint density at radius 3 is 1.24 bits per heavy atom. The summed E-state index contributed by atoms with van der Waals surface area (Å²) in [6.45, 7) is 3.98. The number of aromatic nitrogens is 4. The Kier molecular flexibility index (Phi) is 22.9. The van der Waals surface area contributed by atoms with Crippen LogP contribution in [0.5, 0.6) is 23.0 Å². The Labute approximate surface area is 690 Å². The second-order valence-electron chi connectivity index (χ2n) is 31.3. The minimum Gasteiger partial charge on any atom is -0.455 e. The van der Waals surface area contributed by atoms with Crippen LogP contribution in [0.1, 0.15) is 131 Å². The second-order valence-corrected chi connectivity index (χ2v) is 34.7. The van der Waals surface area contributed by atoms with Crippen molar-refractivity contribution in [3.05, 3.63) is 273 Å². The zero-order valence-electron chi connectivity index (χ0n) is 65.1. The highest BCUT2D eigenvalue weighted by atomic mass is 32.2. The molecule has 4 saturated heterocycles. The monoisotopic (exact) mass is 1660 g/mol. The van der Waals surface area contributed by atoms with Crippen molar-refractivity contribution in [3.63, 3.8) is 0 Å². The van der Waals surface area contributed by atoms with Crippen LogP contribution in [0.15, 0.2) is 229 Å². The molecule has 8 heterocycles. The van der Waals surface area contributed by atoms with Crippen molar-refractivity contribution in [2.45, 2.75) is 110 Å². The molecular formula is C90H86F2N12O14S2. The van der Waals surface area contributed by atoms with Gasteiger partial charge >= 0.3 is 0 Å². The third kappa shape index (κ3) is 17.9. The zero-order valence-corrected chi connectivity index (χ0v) is 66.7. The molecule has 6 fully saturated rings. The molecule has 8 aromatic carbocycles. The van der Waals surface area contributed by atoms with Gasteiger partial charge in [-0.05, 0) is 217 Å². The highest BCUT2D eigenvalue weighted by Crippen LogP contribution is 2.50. The topological polar surface area (TPSA) is 338 Å². The van der Waals surface area contributed by atoms with Gasteiger partial charge in [0.15, 0.2) is 0 Å². The van der Waals surface area contributed by atoms with Crippen molar-refractivity contribution < 1.29 is 64.0 Å². The summed E-state index contributed by atoms with van der Waals surface area (Å²) in [6.07, 6.45) is 13.3. The molecule has 0 bridgehead atoms. The minimum atomic E-state index is -4.59. The lowest BCUT2D eigenvalue weighted by Crippen LogP contribution is -2.31. The molecule has 0 unspecified atom stereocenters. The van der Waals surface area contributed by atoms with Crippen molar-refractivity contribution in [1.82, 2.24) is 29.4 Å². The SMILES string of the molecule is O=C(NS(=O)(=O)c1ccc(NCC2CCOCC2)c([N+](=O)[O-])c1)c1ccc(-c2ccc(N3C[C@@H](F)C[C@@H]3c3ccccc3C3CC3)cc2)cc1Oc1cnc2[nH]ccc2c1.O=C(NS(=O)(=O)c1ccc(NCC2CCOCC2)c([N+](=O)[O-])c1)c1ccc(-c2ccc(N3C[C@H](F)C[C@H]3c3ccccc3C3CC3)cc2)cc1Oc1cnc2[nH]ccc2c1. The Hall–Kier alpha value is -12.6. The van der Waals surface area contributed by atoms with Gasteiger partial charge in [-0.2, -0.15) is 0 Å². The molecule has 6 N–H and O–H groups in total. The minimum absolute atomic E-state index is 0.0520. The Bertz CT molecular complexity index is 5730. The Balaban J connectivity index is 0.000000171. The fourth-order valence-electron chi connectivity index (χ4n) is 16.6. The molecule has 4 aromatic heterocycles. The summed E-state index contributed by atoms with van der Waals surface area (Å²) in [5, 5.41) is 31.8. The number of H-pyrrole nitrogens is 2. The quantitative estimate of drug-likeness (QED) is 0.0217.